The third kappa shape index (κ3) is 79.1. The van der Waals surface area contributed by atoms with Crippen molar-refractivity contribution in [1.29, 1.82) is 0 Å². The van der Waals surface area contributed by atoms with Gasteiger partial charge in [-0.25, -0.2) is 0 Å². The number of allylic oxidation sites excluding steroid dienone is 10. The summed E-state index contributed by atoms with van der Waals surface area (Å²) in [5.41, 5.74) is 1.17. The van der Waals surface area contributed by atoms with Crippen LogP contribution in [-0.4, -0.2) is 0 Å². The topological polar surface area (TPSA) is 0 Å². The molecule has 0 spiro atoms. The molecule has 0 nitrogen and oxygen atoms in total. The molecular formula is C28H38. The van der Waals surface area contributed by atoms with Gasteiger partial charge >= 0.3 is 0 Å². The third-order valence-electron chi connectivity index (χ3n) is 1.87. The maximum atomic E-state index is 3.63. The van der Waals surface area contributed by atoms with E-state index in [0.717, 1.165) is 0 Å². The zero-order valence-electron chi connectivity index (χ0n) is 17.5. The highest BCUT2D eigenvalue weighted by Gasteiger charge is 1.75. The fourth-order valence-corrected chi connectivity index (χ4v) is 0.589. The molecule has 0 aliphatic carbocycles. The van der Waals surface area contributed by atoms with Gasteiger partial charge in [-0.05, 0) is 5.56 Å². The van der Waals surface area contributed by atoms with Gasteiger partial charge in [-0.2, -0.15) is 0 Å². The molecule has 0 fully saturated rings. The Morgan fingerprint density at radius 1 is 0.357 bits per heavy atom. The van der Waals surface area contributed by atoms with Gasteiger partial charge in [0.2, 0.25) is 0 Å². The molecule has 0 bridgehead atoms. The van der Waals surface area contributed by atoms with Crippen molar-refractivity contribution < 1.29 is 0 Å². The summed E-state index contributed by atoms with van der Waals surface area (Å²) in [6, 6.07) is 10.0. The Hall–Kier alpha value is -3.64. The van der Waals surface area contributed by atoms with E-state index in [4.69, 9.17) is 0 Å². The predicted molar refractivity (Wildman–Crippen MR) is 139 cm³/mol. The Labute approximate surface area is 175 Å². The maximum Gasteiger partial charge on any atom is -0.0263 e. The second-order valence-corrected chi connectivity index (χ2v) is 3.97. The average molecular weight is 375 g/mol. The highest BCUT2D eigenvalue weighted by Crippen LogP contribution is 1.97. The largest absolute Gasteiger partial charge is 0.0991 e. The zero-order chi connectivity index (χ0) is 22.9. The van der Waals surface area contributed by atoms with Crippen molar-refractivity contribution in [2.45, 2.75) is 0 Å². The molecule has 1 rings (SSSR count). The van der Waals surface area contributed by atoms with Crippen molar-refractivity contribution in [2.75, 3.05) is 0 Å². The molecule has 0 aliphatic rings. The van der Waals surface area contributed by atoms with Crippen LogP contribution >= 0.6 is 0 Å². The van der Waals surface area contributed by atoms with E-state index >= 15 is 0 Å². The first kappa shape index (κ1) is 35.5. The van der Waals surface area contributed by atoms with E-state index in [1.807, 2.05) is 36.4 Å². The minimum Gasteiger partial charge on any atom is -0.0991 e. The monoisotopic (exact) mass is 374 g/mol. The molecule has 0 heteroatoms. The molecule has 0 amide bonds. The highest BCUT2D eigenvalue weighted by molar-refractivity contribution is 5.45. The standard InChI is InChI=1S/C8H8.5C4H6/c1-2-8-6-4-3-5-7-8;5*1-3-4-2/h2-7H,1H2;5*3-4H,1-2H2. The molecular weight excluding hydrogens is 336 g/mol. The minimum absolute atomic E-state index is 1.17. The molecule has 0 N–H and O–H groups in total. The van der Waals surface area contributed by atoms with Crippen LogP contribution in [0.2, 0.25) is 0 Å². The van der Waals surface area contributed by atoms with Gasteiger partial charge in [0.1, 0.15) is 0 Å². The minimum atomic E-state index is 1.17. The lowest BCUT2D eigenvalue weighted by Crippen LogP contribution is -1.63. The van der Waals surface area contributed by atoms with Gasteiger partial charge in [-0.1, -0.05) is 170 Å². The summed E-state index contributed by atoms with van der Waals surface area (Å²) in [7, 11) is 0. The molecule has 0 heterocycles. The summed E-state index contributed by atoms with van der Waals surface area (Å²) < 4.78 is 0. The molecule has 0 aromatic heterocycles. The van der Waals surface area contributed by atoms with Gasteiger partial charge in [0.05, 0.1) is 0 Å². The lowest BCUT2D eigenvalue weighted by molar-refractivity contribution is 1.67. The van der Waals surface area contributed by atoms with E-state index in [9.17, 15) is 0 Å². The van der Waals surface area contributed by atoms with Crippen molar-refractivity contribution >= 4 is 6.08 Å². The maximum absolute atomic E-state index is 3.63. The molecule has 0 unspecified atom stereocenters. The molecule has 1 aromatic carbocycles. The molecule has 0 saturated heterocycles. The van der Waals surface area contributed by atoms with Gasteiger partial charge in [0, 0.05) is 0 Å². The van der Waals surface area contributed by atoms with Crippen LogP contribution in [0.3, 0.4) is 0 Å². The van der Waals surface area contributed by atoms with E-state index in [-0.39, 0.29) is 0 Å². The second kappa shape index (κ2) is 49.5. The van der Waals surface area contributed by atoms with Crippen molar-refractivity contribution in [3.63, 3.8) is 0 Å². The SMILES string of the molecule is C=CC=C.C=CC=C.C=CC=C.C=CC=C.C=CC=C.C=Cc1ccccc1. The Bertz CT molecular complexity index is 439. The molecule has 150 valence electrons. The van der Waals surface area contributed by atoms with Crippen LogP contribution in [0.1, 0.15) is 5.56 Å². The molecule has 0 saturated carbocycles. The summed E-state index contributed by atoms with van der Waals surface area (Å²) in [6.07, 6.45) is 18.2. The number of benzene rings is 1. The van der Waals surface area contributed by atoms with Crippen LogP contribution in [-0.2, 0) is 0 Å². The fraction of sp³-hybridized carbons (Fsp3) is 0. The highest BCUT2D eigenvalue weighted by atomic mass is 13.8. The predicted octanol–water partition coefficient (Wildman–Crippen LogP) is 9.12. The molecule has 28 heavy (non-hydrogen) atoms. The molecule has 1 aromatic rings. The van der Waals surface area contributed by atoms with E-state index in [2.05, 4.69) is 72.4 Å². The Morgan fingerprint density at radius 2 is 0.571 bits per heavy atom. The van der Waals surface area contributed by atoms with Gasteiger partial charge in [0.25, 0.3) is 0 Å². The van der Waals surface area contributed by atoms with Crippen LogP contribution in [0.5, 0.6) is 0 Å². The summed E-state index contributed by atoms with van der Waals surface area (Å²) in [5.74, 6) is 0. The summed E-state index contributed by atoms with van der Waals surface area (Å²) >= 11 is 0. The molecule has 0 aliphatic heterocycles. The zero-order valence-corrected chi connectivity index (χ0v) is 17.5. The lowest BCUT2D eigenvalue weighted by atomic mass is 10.2. The van der Waals surface area contributed by atoms with E-state index < -0.39 is 0 Å². The molecule has 0 radical (unpaired) electrons. The first-order valence-electron chi connectivity index (χ1n) is 8.36. The van der Waals surface area contributed by atoms with Crippen LogP contribution < -0.4 is 0 Å². The Balaban J connectivity index is -0.0000000786. The van der Waals surface area contributed by atoms with Crippen LogP contribution in [0.15, 0.2) is 163 Å². The summed E-state index contributed by atoms with van der Waals surface area (Å²) in [4.78, 5) is 0. The quantitative estimate of drug-likeness (QED) is 0.435. The van der Waals surface area contributed by atoms with Crippen LogP contribution in [0, 0.1) is 0 Å². The van der Waals surface area contributed by atoms with Gasteiger partial charge in [-0.15, -0.1) is 0 Å². The van der Waals surface area contributed by atoms with E-state index in [1.54, 1.807) is 60.8 Å². The van der Waals surface area contributed by atoms with E-state index in [1.165, 1.54) is 5.56 Å². The summed E-state index contributed by atoms with van der Waals surface area (Å²) in [5, 5.41) is 0. The second-order valence-electron chi connectivity index (χ2n) is 3.97. The molecule has 0 atom stereocenters. The van der Waals surface area contributed by atoms with Crippen LogP contribution in [0.25, 0.3) is 6.08 Å². The van der Waals surface area contributed by atoms with Crippen LogP contribution in [0.4, 0.5) is 0 Å². The van der Waals surface area contributed by atoms with Crippen molar-refractivity contribution in [1.82, 2.24) is 0 Å². The fourth-order valence-electron chi connectivity index (χ4n) is 0.589. The van der Waals surface area contributed by atoms with Gasteiger partial charge < -0.3 is 0 Å². The normalized spacial score (nSPS) is 6.00. The average Bonchev–Trinajstić information content (AvgIpc) is 2.80. The first-order valence-corrected chi connectivity index (χ1v) is 8.36. The lowest BCUT2D eigenvalue weighted by Gasteiger charge is -1.85. The Morgan fingerprint density at radius 3 is 0.679 bits per heavy atom. The van der Waals surface area contributed by atoms with Crippen molar-refractivity contribution in [3.05, 3.63) is 169 Å². The van der Waals surface area contributed by atoms with E-state index in [0.29, 0.717) is 0 Å². The number of rotatable bonds is 6. The van der Waals surface area contributed by atoms with Crippen molar-refractivity contribution in [2.24, 2.45) is 0 Å². The van der Waals surface area contributed by atoms with Gasteiger partial charge in [-0.3, -0.25) is 0 Å². The smallest absolute Gasteiger partial charge is 0.0263 e. The Kier molecular flexibility index (Phi) is 62.7. The van der Waals surface area contributed by atoms with Crippen molar-refractivity contribution in [3.8, 4) is 0 Å². The first-order chi connectivity index (χ1) is 13.5. The summed E-state index contributed by atoms with van der Waals surface area (Å²) in [6.45, 7) is 37.2. The number of hydrogen-bond acceptors (Lipinski definition) is 0. The van der Waals surface area contributed by atoms with Gasteiger partial charge in [0.15, 0.2) is 0 Å². The third-order valence-corrected chi connectivity index (χ3v) is 1.87. The number of hydrogen-bond donors (Lipinski definition) is 0.